The zero-order chi connectivity index (χ0) is 27.0. The van der Waals surface area contributed by atoms with Gasteiger partial charge in [-0.1, -0.05) is 42.0 Å². The molecule has 4 amide bonds. The molecule has 3 aliphatic carbocycles. The summed E-state index contributed by atoms with van der Waals surface area (Å²) in [5, 5.41) is 0. The minimum atomic E-state index is -0.538. The summed E-state index contributed by atoms with van der Waals surface area (Å²) < 4.78 is 6.01. The van der Waals surface area contributed by atoms with Crippen molar-refractivity contribution in [3.05, 3.63) is 78.4 Å². The molecule has 8 rings (SSSR count). The monoisotopic (exact) mass is 520 g/mol. The number of likely N-dealkylation sites (tertiary alicyclic amines) is 1. The smallest absolute Gasteiger partial charge is 0.237 e. The average Bonchev–Trinajstić information content (AvgIpc) is 3.37. The van der Waals surface area contributed by atoms with Gasteiger partial charge in [0.25, 0.3) is 0 Å². The molecule has 5 fully saturated rings. The molecule has 6 unspecified atom stereocenters. The number of hydrogen-bond acceptors (Lipinski definition) is 5. The quantitative estimate of drug-likeness (QED) is 0.460. The van der Waals surface area contributed by atoms with Gasteiger partial charge >= 0.3 is 0 Å². The number of imide groups is 2. The molecule has 196 valence electrons. The van der Waals surface area contributed by atoms with Gasteiger partial charge in [-0.3, -0.25) is 29.0 Å². The van der Waals surface area contributed by atoms with Crippen LogP contribution in [0, 0.1) is 42.4 Å². The third-order valence-electron chi connectivity index (χ3n) is 9.26. The summed E-state index contributed by atoms with van der Waals surface area (Å²) in [4.78, 5) is 55.4. The van der Waals surface area contributed by atoms with Gasteiger partial charge in [-0.2, -0.15) is 0 Å². The van der Waals surface area contributed by atoms with Gasteiger partial charge in [0.1, 0.15) is 11.5 Å². The van der Waals surface area contributed by atoms with Gasteiger partial charge in [0.2, 0.25) is 23.6 Å². The van der Waals surface area contributed by atoms with Crippen molar-refractivity contribution in [3.8, 4) is 22.6 Å². The molecule has 3 saturated carbocycles. The van der Waals surface area contributed by atoms with Gasteiger partial charge in [0, 0.05) is 7.05 Å². The van der Waals surface area contributed by atoms with Crippen molar-refractivity contribution in [1.82, 2.24) is 4.90 Å². The van der Waals surface area contributed by atoms with Gasteiger partial charge in [-0.15, -0.1) is 0 Å². The number of aryl methyl sites for hydroxylation is 1. The SMILES string of the molecule is Cc1ccc(-c2ccc(Oc3ccc(N4C(=O)C5C6CCC(C7C(=O)N(C)C(=O)C67)C5C4=O)cc3)cc2)cc1. The van der Waals surface area contributed by atoms with E-state index in [4.69, 9.17) is 4.74 Å². The molecule has 2 bridgehead atoms. The number of carbonyl (C=O) groups excluding carboxylic acids is 4. The van der Waals surface area contributed by atoms with Gasteiger partial charge in [-0.05, 0) is 79.1 Å². The van der Waals surface area contributed by atoms with Crippen molar-refractivity contribution in [2.45, 2.75) is 19.8 Å². The summed E-state index contributed by atoms with van der Waals surface area (Å²) in [6.45, 7) is 2.06. The van der Waals surface area contributed by atoms with Gasteiger partial charge < -0.3 is 4.74 Å². The van der Waals surface area contributed by atoms with E-state index in [1.54, 1.807) is 24.3 Å². The third-order valence-corrected chi connectivity index (χ3v) is 9.26. The van der Waals surface area contributed by atoms with Crippen LogP contribution in [0.25, 0.3) is 11.1 Å². The molecule has 6 atom stereocenters. The highest BCUT2D eigenvalue weighted by atomic mass is 16.5. The largest absolute Gasteiger partial charge is 0.457 e. The number of fused-ring (bicyclic) bond motifs is 1. The lowest BCUT2D eigenvalue weighted by Crippen LogP contribution is -2.53. The predicted molar refractivity (Wildman–Crippen MR) is 144 cm³/mol. The Kier molecular flexibility index (Phi) is 5.27. The molecule has 3 aromatic rings. The Bertz CT molecular complexity index is 1460. The lowest BCUT2D eigenvalue weighted by Gasteiger charge is -2.48. The molecule has 0 radical (unpaired) electrons. The molecule has 2 heterocycles. The average molecular weight is 521 g/mol. The zero-order valence-corrected chi connectivity index (χ0v) is 21.7. The second-order valence-electron chi connectivity index (χ2n) is 11.2. The molecular formula is C32H28N2O5. The van der Waals surface area contributed by atoms with Crippen molar-refractivity contribution in [2.75, 3.05) is 11.9 Å². The normalized spacial score (nSPS) is 29.2. The lowest BCUT2D eigenvalue weighted by atomic mass is 9.51. The van der Waals surface area contributed by atoms with E-state index in [-0.39, 0.29) is 35.5 Å². The summed E-state index contributed by atoms with van der Waals surface area (Å²) in [5.74, 6) is -2.21. The number of nitrogens with zero attached hydrogens (tertiary/aromatic N) is 2. The number of amides is 4. The fraction of sp³-hybridized carbons (Fsp3) is 0.312. The van der Waals surface area contributed by atoms with E-state index < -0.39 is 23.7 Å². The molecule has 7 heteroatoms. The Labute approximate surface area is 226 Å². The van der Waals surface area contributed by atoms with Crippen molar-refractivity contribution in [2.24, 2.45) is 35.5 Å². The van der Waals surface area contributed by atoms with Crippen LogP contribution in [0.3, 0.4) is 0 Å². The first-order chi connectivity index (χ1) is 18.8. The first-order valence-electron chi connectivity index (χ1n) is 13.5. The summed E-state index contributed by atoms with van der Waals surface area (Å²) in [6.07, 6.45) is 1.39. The molecule has 2 saturated heterocycles. The molecular weight excluding hydrogens is 492 g/mol. The number of carbonyl (C=O) groups is 4. The maximum atomic E-state index is 13.6. The van der Waals surface area contributed by atoms with E-state index in [1.807, 2.05) is 24.3 Å². The van der Waals surface area contributed by atoms with E-state index in [2.05, 4.69) is 31.2 Å². The van der Waals surface area contributed by atoms with Crippen molar-refractivity contribution in [3.63, 3.8) is 0 Å². The molecule has 7 nitrogen and oxygen atoms in total. The summed E-state index contributed by atoms with van der Waals surface area (Å²) in [6, 6.07) is 23.1. The Morgan fingerprint density at radius 3 is 1.49 bits per heavy atom. The topological polar surface area (TPSA) is 84.0 Å². The molecule has 39 heavy (non-hydrogen) atoms. The van der Waals surface area contributed by atoms with Crippen LogP contribution in [0.5, 0.6) is 11.5 Å². The standard InChI is InChI=1S/C32H28N2O5/c1-17-3-5-18(6-4-17)19-7-11-21(12-8-19)39-22-13-9-20(10-14-22)34-31(37)27-23-15-16-24(28(27)32(34)38)26-25(23)29(35)33(2)30(26)36/h3-14,23-28H,15-16H2,1-2H3. The van der Waals surface area contributed by atoms with E-state index >= 15 is 0 Å². The van der Waals surface area contributed by atoms with Crippen LogP contribution in [0.4, 0.5) is 5.69 Å². The molecule has 0 aromatic heterocycles. The van der Waals surface area contributed by atoms with Crippen LogP contribution in [0.1, 0.15) is 18.4 Å². The minimum Gasteiger partial charge on any atom is -0.457 e. The number of anilines is 1. The summed E-state index contributed by atoms with van der Waals surface area (Å²) in [7, 11) is 1.51. The Hall–Kier alpha value is -4.26. The number of ether oxygens (including phenoxy) is 1. The first-order valence-corrected chi connectivity index (χ1v) is 13.5. The van der Waals surface area contributed by atoms with Gasteiger partial charge in [0.15, 0.2) is 0 Å². The maximum absolute atomic E-state index is 13.6. The molecule has 3 aromatic carbocycles. The fourth-order valence-electron chi connectivity index (χ4n) is 7.44. The third kappa shape index (κ3) is 3.49. The van der Waals surface area contributed by atoms with Crippen LogP contribution >= 0.6 is 0 Å². The van der Waals surface area contributed by atoms with Crippen LogP contribution in [-0.4, -0.2) is 35.6 Å². The van der Waals surface area contributed by atoms with E-state index in [1.165, 1.54) is 22.4 Å². The van der Waals surface area contributed by atoms with Crippen LogP contribution in [0.2, 0.25) is 0 Å². The Morgan fingerprint density at radius 1 is 0.590 bits per heavy atom. The highest BCUT2D eigenvalue weighted by Crippen LogP contribution is 2.60. The Morgan fingerprint density at radius 2 is 1.00 bits per heavy atom. The number of rotatable bonds is 4. The molecule has 2 aliphatic heterocycles. The van der Waals surface area contributed by atoms with Crippen LogP contribution in [0.15, 0.2) is 72.8 Å². The van der Waals surface area contributed by atoms with Crippen LogP contribution < -0.4 is 9.64 Å². The number of benzene rings is 3. The van der Waals surface area contributed by atoms with Crippen molar-refractivity contribution >= 4 is 29.3 Å². The second kappa shape index (κ2) is 8.63. The first kappa shape index (κ1) is 23.8. The minimum absolute atomic E-state index is 0.203. The van der Waals surface area contributed by atoms with Crippen LogP contribution in [-0.2, 0) is 19.2 Å². The van der Waals surface area contributed by atoms with E-state index in [0.717, 1.165) is 11.1 Å². The predicted octanol–water partition coefficient (Wildman–Crippen LogP) is 4.83. The van der Waals surface area contributed by atoms with Gasteiger partial charge in [-0.25, -0.2) is 0 Å². The lowest BCUT2D eigenvalue weighted by molar-refractivity contribution is -0.148. The summed E-state index contributed by atoms with van der Waals surface area (Å²) in [5.41, 5.74) is 3.93. The molecule has 0 N–H and O–H groups in total. The van der Waals surface area contributed by atoms with E-state index in [0.29, 0.717) is 30.0 Å². The van der Waals surface area contributed by atoms with Crippen molar-refractivity contribution in [1.29, 1.82) is 0 Å². The molecule has 0 spiro atoms. The second-order valence-corrected chi connectivity index (χ2v) is 11.2. The van der Waals surface area contributed by atoms with Crippen molar-refractivity contribution < 1.29 is 23.9 Å². The van der Waals surface area contributed by atoms with E-state index in [9.17, 15) is 19.2 Å². The van der Waals surface area contributed by atoms with Gasteiger partial charge in [0.05, 0.1) is 29.4 Å². The number of hydrogen-bond donors (Lipinski definition) is 0. The zero-order valence-electron chi connectivity index (χ0n) is 21.7. The highest BCUT2D eigenvalue weighted by Gasteiger charge is 2.69. The highest BCUT2D eigenvalue weighted by molar-refractivity contribution is 6.23. The molecule has 5 aliphatic rings. The Balaban J connectivity index is 1.09. The maximum Gasteiger partial charge on any atom is 0.237 e. The fourth-order valence-corrected chi connectivity index (χ4v) is 7.44. The summed E-state index contributed by atoms with van der Waals surface area (Å²) >= 11 is 0.